The van der Waals surface area contributed by atoms with Crippen molar-refractivity contribution in [3.8, 4) is 0 Å². The maximum absolute atomic E-state index is 12.0. The van der Waals surface area contributed by atoms with E-state index in [1.165, 1.54) is 57.8 Å². The molecule has 4 nitrogen and oxygen atoms in total. The SMILES string of the molecule is CCCCCCCCCCCCCOC(=O)C(C)NC(=O)C1CCCC1. The highest BCUT2D eigenvalue weighted by molar-refractivity contribution is 5.85. The van der Waals surface area contributed by atoms with Crippen LogP contribution in [0.2, 0.25) is 0 Å². The third-order valence-corrected chi connectivity index (χ3v) is 5.43. The summed E-state index contributed by atoms with van der Waals surface area (Å²) in [4.78, 5) is 24.0. The molecule has 1 N–H and O–H groups in total. The summed E-state index contributed by atoms with van der Waals surface area (Å²) in [5, 5.41) is 2.80. The minimum atomic E-state index is -0.532. The van der Waals surface area contributed by atoms with Crippen LogP contribution in [0, 0.1) is 5.92 Å². The van der Waals surface area contributed by atoms with Gasteiger partial charge in [-0.05, 0) is 26.2 Å². The number of unbranched alkanes of at least 4 members (excludes halogenated alkanes) is 10. The van der Waals surface area contributed by atoms with Gasteiger partial charge in [0.05, 0.1) is 6.61 Å². The fourth-order valence-corrected chi connectivity index (χ4v) is 3.64. The minimum Gasteiger partial charge on any atom is -0.464 e. The molecule has 0 spiro atoms. The number of esters is 1. The van der Waals surface area contributed by atoms with Crippen molar-refractivity contribution in [3.05, 3.63) is 0 Å². The summed E-state index contributed by atoms with van der Waals surface area (Å²) >= 11 is 0. The van der Waals surface area contributed by atoms with Crippen molar-refractivity contribution in [2.75, 3.05) is 6.61 Å². The Labute approximate surface area is 160 Å². The number of ether oxygens (including phenoxy) is 1. The molecule has 4 heteroatoms. The first-order valence-electron chi connectivity index (χ1n) is 11.1. The zero-order chi connectivity index (χ0) is 19.0. The summed E-state index contributed by atoms with van der Waals surface area (Å²) < 4.78 is 5.30. The molecule has 0 aromatic heterocycles. The lowest BCUT2D eigenvalue weighted by atomic mass is 10.1. The van der Waals surface area contributed by atoms with Crippen LogP contribution in [0.5, 0.6) is 0 Å². The molecule has 26 heavy (non-hydrogen) atoms. The Hall–Kier alpha value is -1.06. The van der Waals surface area contributed by atoms with Gasteiger partial charge in [0, 0.05) is 5.92 Å². The highest BCUT2D eigenvalue weighted by Gasteiger charge is 2.25. The molecule has 1 rings (SSSR count). The number of carbonyl (C=O) groups is 2. The first-order chi connectivity index (χ1) is 12.6. The van der Waals surface area contributed by atoms with Gasteiger partial charge in [0.25, 0.3) is 0 Å². The summed E-state index contributed by atoms with van der Waals surface area (Å²) in [5.41, 5.74) is 0. The van der Waals surface area contributed by atoms with Crippen molar-refractivity contribution in [1.82, 2.24) is 5.32 Å². The van der Waals surface area contributed by atoms with Gasteiger partial charge in [-0.25, -0.2) is 4.79 Å². The largest absolute Gasteiger partial charge is 0.464 e. The van der Waals surface area contributed by atoms with Crippen molar-refractivity contribution in [1.29, 1.82) is 0 Å². The highest BCUT2D eigenvalue weighted by Crippen LogP contribution is 2.24. The smallest absolute Gasteiger partial charge is 0.328 e. The molecule has 1 unspecified atom stereocenters. The number of rotatable bonds is 15. The Morgan fingerprint density at radius 2 is 1.38 bits per heavy atom. The lowest BCUT2D eigenvalue weighted by Crippen LogP contribution is -2.42. The van der Waals surface area contributed by atoms with Crippen molar-refractivity contribution >= 4 is 11.9 Å². The summed E-state index contributed by atoms with van der Waals surface area (Å²) in [6, 6.07) is -0.532. The van der Waals surface area contributed by atoms with E-state index in [1.54, 1.807) is 6.92 Å². The van der Waals surface area contributed by atoms with Gasteiger partial charge in [-0.1, -0.05) is 84.0 Å². The van der Waals surface area contributed by atoms with Crippen LogP contribution in [0.15, 0.2) is 0 Å². The van der Waals surface area contributed by atoms with Gasteiger partial charge in [-0.3, -0.25) is 4.79 Å². The van der Waals surface area contributed by atoms with Crippen LogP contribution < -0.4 is 5.32 Å². The minimum absolute atomic E-state index is 0.0154. The summed E-state index contributed by atoms with van der Waals surface area (Å²) in [6.45, 7) is 4.44. The molecule has 0 aromatic rings. The lowest BCUT2D eigenvalue weighted by molar-refractivity contribution is -0.147. The van der Waals surface area contributed by atoms with Gasteiger partial charge in [0.2, 0.25) is 5.91 Å². The molecule has 1 fully saturated rings. The van der Waals surface area contributed by atoms with Crippen LogP contribution in [-0.4, -0.2) is 24.5 Å². The average molecular weight is 368 g/mol. The molecule has 1 aliphatic rings. The Balaban J connectivity index is 1.90. The van der Waals surface area contributed by atoms with E-state index in [2.05, 4.69) is 12.2 Å². The quantitative estimate of drug-likeness (QED) is 0.305. The van der Waals surface area contributed by atoms with Crippen LogP contribution in [-0.2, 0) is 14.3 Å². The predicted molar refractivity (Wildman–Crippen MR) is 107 cm³/mol. The Morgan fingerprint density at radius 1 is 0.885 bits per heavy atom. The second-order valence-corrected chi connectivity index (χ2v) is 7.91. The molecule has 0 radical (unpaired) electrons. The van der Waals surface area contributed by atoms with E-state index in [1.807, 2.05) is 0 Å². The molecule has 0 bridgehead atoms. The number of nitrogens with one attached hydrogen (secondary N) is 1. The fraction of sp³-hybridized carbons (Fsp3) is 0.909. The van der Waals surface area contributed by atoms with E-state index in [-0.39, 0.29) is 17.8 Å². The van der Waals surface area contributed by atoms with E-state index < -0.39 is 6.04 Å². The monoisotopic (exact) mass is 367 g/mol. The molecule has 1 atom stereocenters. The molecule has 1 amide bonds. The average Bonchev–Trinajstić information content (AvgIpc) is 3.17. The lowest BCUT2D eigenvalue weighted by Gasteiger charge is -2.16. The molecule has 0 aliphatic heterocycles. The normalized spacial score (nSPS) is 15.8. The topological polar surface area (TPSA) is 55.4 Å². The van der Waals surface area contributed by atoms with Crippen molar-refractivity contribution in [2.45, 2.75) is 116 Å². The van der Waals surface area contributed by atoms with Crippen molar-refractivity contribution < 1.29 is 14.3 Å². The molecular formula is C22H41NO3. The molecule has 0 heterocycles. The summed E-state index contributed by atoms with van der Waals surface area (Å²) in [5.74, 6) is -0.193. The standard InChI is InChI=1S/C22H41NO3/c1-3-4-5-6-7-8-9-10-11-12-15-18-26-22(25)19(2)23-21(24)20-16-13-14-17-20/h19-20H,3-18H2,1-2H3,(H,23,24). The Morgan fingerprint density at radius 3 is 1.92 bits per heavy atom. The highest BCUT2D eigenvalue weighted by atomic mass is 16.5. The predicted octanol–water partition coefficient (Wildman–Crippen LogP) is 5.54. The van der Waals surface area contributed by atoms with Gasteiger partial charge in [0.1, 0.15) is 6.04 Å². The maximum Gasteiger partial charge on any atom is 0.328 e. The summed E-state index contributed by atoms with van der Waals surface area (Å²) in [7, 11) is 0. The van der Waals surface area contributed by atoms with E-state index in [0.717, 1.165) is 38.5 Å². The van der Waals surface area contributed by atoms with Crippen LogP contribution in [0.4, 0.5) is 0 Å². The van der Waals surface area contributed by atoms with Crippen LogP contribution in [0.25, 0.3) is 0 Å². The molecular weight excluding hydrogens is 326 g/mol. The van der Waals surface area contributed by atoms with E-state index in [4.69, 9.17) is 4.74 Å². The maximum atomic E-state index is 12.0. The number of amides is 1. The fourth-order valence-electron chi connectivity index (χ4n) is 3.64. The van der Waals surface area contributed by atoms with Gasteiger partial charge in [-0.2, -0.15) is 0 Å². The van der Waals surface area contributed by atoms with Crippen LogP contribution in [0.3, 0.4) is 0 Å². The molecule has 0 aromatic carbocycles. The van der Waals surface area contributed by atoms with Crippen molar-refractivity contribution in [3.63, 3.8) is 0 Å². The second kappa shape index (κ2) is 15.0. The Bertz CT molecular complexity index is 378. The van der Waals surface area contributed by atoms with E-state index >= 15 is 0 Å². The zero-order valence-corrected chi connectivity index (χ0v) is 17.2. The third kappa shape index (κ3) is 10.8. The van der Waals surface area contributed by atoms with Crippen LogP contribution in [0.1, 0.15) is 110 Å². The van der Waals surface area contributed by atoms with E-state index in [0.29, 0.717) is 6.61 Å². The molecule has 1 saturated carbocycles. The zero-order valence-electron chi connectivity index (χ0n) is 17.2. The number of hydrogen-bond acceptors (Lipinski definition) is 3. The van der Waals surface area contributed by atoms with Gasteiger partial charge < -0.3 is 10.1 Å². The molecule has 0 saturated heterocycles. The molecule has 152 valence electrons. The van der Waals surface area contributed by atoms with Gasteiger partial charge in [0.15, 0.2) is 0 Å². The number of hydrogen-bond donors (Lipinski definition) is 1. The first kappa shape index (κ1) is 23.0. The Kier molecular flexibility index (Phi) is 13.3. The summed E-state index contributed by atoms with van der Waals surface area (Å²) in [6.07, 6.45) is 18.2. The van der Waals surface area contributed by atoms with Gasteiger partial charge >= 0.3 is 5.97 Å². The van der Waals surface area contributed by atoms with Crippen molar-refractivity contribution in [2.24, 2.45) is 5.92 Å². The number of carbonyl (C=O) groups excluding carboxylic acids is 2. The third-order valence-electron chi connectivity index (χ3n) is 5.43. The van der Waals surface area contributed by atoms with E-state index in [9.17, 15) is 9.59 Å². The first-order valence-corrected chi connectivity index (χ1v) is 11.1. The van der Waals surface area contributed by atoms with Crippen LogP contribution >= 0.6 is 0 Å². The van der Waals surface area contributed by atoms with Gasteiger partial charge in [-0.15, -0.1) is 0 Å². The molecule has 1 aliphatic carbocycles. The second-order valence-electron chi connectivity index (χ2n) is 7.91.